The molecule has 0 aromatic carbocycles. The fourth-order valence-electron chi connectivity index (χ4n) is 2.32. The first kappa shape index (κ1) is 19.0. The first-order chi connectivity index (χ1) is 10.3. The van der Waals surface area contributed by atoms with Crippen LogP contribution in [0.5, 0.6) is 0 Å². The number of hydrogen-bond acceptors (Lipinski definition) is 3. The molecule has 1 saturated carbocycles. The molecule has 1 N–H and O–H groups in total. The van der Waals surface area contributed by atoms with E-state index < -0.39 is 0 Å². The molecule has 0 bridgehead atoms. The number of esters is 1. The first-order valence-corrected chi connectivity index (χ1v) is 8.73. The Balaban J connectivity index is 2.05. The second kappa shape index (κ2) is 9.16. The van der Waals surface area contributed by atoms with Gasteiger partial charge in [-0.1, -0.05) is 27.7 Å². The molecule has 0 spiro atoms. The van der Waals surface area contributed by atoms with E-state index in [1.807, 2.05) is 0 Å². The molecular weight excluding hydrogens is 278 g/mol. The van der Waals surface area contributed by atoms with Crippen molar-refractivity contribution >= 4 is 11.9 Å². The van der Waals surface area contributed by atoms with Crippen molar-refractivity contribution in [1.82, 2.24) is 5.32 Å². The molecule has 0 heterocycles. The Kier molecular flexibility index (Phi) is 7.91. The zero-order valence-electron chi connectivity index (χ0n) is 14.7. The van der Waals surface area contributed by atoms with Crippen molar-refractivity contribution in [3.63, 3.8) is 0 Å². The Hall–Kier alpha value is -1.06. The van der Waals surface area contributed by atoms with Crippen LogP contribution in [0.1, 0.15) is 79.1 Å². The lowest BCUT2D eigenvalue weighted by atomic mass is 9.83. The third-order valence-electron chi connectivity index (χ3n) is 4.16. The highest BCUT2D eigenvalue weighted by Gasteiger charge is 2.25. The minimum absolute atomic E-state index is 0.0877. The van der Waals surface area contributed by atoms with E-state index in [0.29, 0.717) is 31.4 Å². The van der Waals surface area contributed by atoms with Crippen LogP contribution in [0.15, 0.2) is 0 Å². The van der Waals surface area contributed by atoms with E-state index in [2.05, 4.69) is 33.0 Å². The van der Waals surface area contributed by atoms with Crippen LogP contribution in [0, 0.1) is 11.3 Å². The van der Waals surface area contributed by atoms with Crippen LogP contribution in [-0.4, -0.2) is 24.5 Å². The Labute approximate surface area is 135 Å². The van der Waals surface area contributed by atoms with Gasteiger partial charge in [0.05, 0.1) is 6.61 Å². The van der Waals surface area contributed by atoms with Crippen molar-refractivity contribution in [2.24, 2.45) is 11.3 Å². The third kappa shape index (κ3) is 9.80. The van der Waals surface area contributed by atoms with Gasteiger partial charge in [0.2, 0.25) is 5.91 Å². The normalized spacial score (nSPS) is 15.0. The third-order valence-corrected chi connectivity index (χ3v) is 4.16. The van der Waals surface area contributed by atoms with Gasteiger partial charge in [-0.2, -0.15) is 0 Å². The van der Waals surface area contributed by atoms with Crippen molar-refractivity contribution < 1.29 is 14.3 Å². The Bertz CT molecular complexity index is 359. The van der Waals surface area contributed by atoms with Crippen LogP contribution in [0.4, 0.5) is 0 Å². The molecule has 0 unspecified atom stereocenters. The Morgan fingerprint density at radius 3 is 2.45 bits per heavy atom. The highest BCUT2D eigenvalue weighted by Crippen LogP contribution is 2.28. The van der Waals surface area contributed by atoms with Gasteiger partial charge in [-0.05, 0) is 49.9 Å². The molecule has 0 atom stereocenters. The van der Waals surface area contributed by atoms with E-state index in [9.17, 15) is 9.59 Å². The van der Waals surface area contributed by atoms with Crippen LogP contribution >= 0.6 is 0 Å². The van der Waals surface area contributed by atoms with Gasteiger partial charge in [0, 0.05) is 18.9 Å². The van der Waals surface area contributed by atoms with E-state index in [1.165, 1.54) is 0 Å². The van der Waals surface area contributed by atoms with Gasteiger partial charge >= 0.3 is 5.97 Å². The zero-order chi connectivity index (χ0) is 16.6. The first-order valence-electron chi connectivity index (χ1n) is 8.73. The average Bonchev–Trinajstić information content (AvgIpc) is 3.23. The summed E-state index contributed by atoms with van der Waals surface area (Å²) < 4.78 is 5.26. The maximum atomic E-state index is 11.7. The summed E-state index contributed by atoms with van der Waals surface area (Å²) in [6, 6.07) is 0.445. The average molecular weight is 311 g/mol. The van der Waals surface area contributed by atoms with E-state index in [0.717, 1.165) is 38.5 Å². The number of hydrogen-bond donors (Lipinski definition) is 1. The maximum Gasteiger partial charge on any atom is 0.305 e. The Morgan fingerprint density at radius 1 is 1.18 bits per heavy atom. The quantitative estimate of drug-likeness (QED) is 0.466. The molecule has 4 nitrogen and oxygen atoms in total. The predicted molar refractivity (Wildman–Crippen MR) is 88.4 cm³/mol. The fraction of sp³-hybridized carbons (Fsp3) is 0.889. The molecule has 1 amide bonds. The van der Waals surface area contributed by atoms with Crippen molar-refractivity contribution in [3.8, 4) is 0 Å². The van der Waals surface area contributed by atoms with E-state index in [4.69, 9.17) is 4.74 Å². The zero-order valence-corrected chi connectivity index (χ0v) is 14.7. The summed E-state index contributed by atoms with van der Waals surface area (Å²) in [6.07, 6.45) is 6.99. The number of carbonyl (C=O) groups is 2. The van der Waals surface area contributed by atoms with Crippen molar-refractivity contribution in [2.75, 3.05) is 6.61 Å². The smallest absolute Gasteiger partial charge is 0.305 e. The molecule has 1 rings (SSSR count). The highest BCUT2D eigenvalue weighted by molar-refractivity contribution is 5.76. The number of carbonyl (C=O) groups excluding carboxylic acids is 2. The molecule has 0 radical (unpaired) electrons. The van der Waals surface area contributed by atoms with Crippen LogP contribution < -0.4 is 5.32 Å². The highest BCUT2D eigenvalue weighted by atomic mass is 16.5. The minimum Gasteiger partial charge on any atom is -0.466 e. The summed E-state index contributed by atoms with van der Waals surface area (Å²) in [4.78, 5) is 23.2. The van der Waals surface area contributed by atoms with Gasteiger partial charge < -0.3 is 10.1 Å². The summed E-state index contributed by atoms with van der Waals surface area (Å²) in [6.45, 7) is 9.06. The van der Waals surface area contributed by atoms with Crippen molar-refractivity contribution in [2.45, 2.75) is 85.1 Å². The SMILES string of the molecule is CC(C)CCC(=O)OCCCC(C)(C)CCC(=O)NC1CC1. The summed E-state index contributed by atoms with van der Waals surface area (Å²) in [7, 11) is 0. The lowest BCUT2D eigenvalue weighted by Crippen LogP contribution is -2.27. The molecule has 0 saturated heterocycles. The number of rotatable bonds is 11. The largest absolute Gasteiger partial charge is 0.466 e. The van der Waals surface area contributed by atoms with Gasteiger partial charge in [-0.3, -0.25) is 9.59 Å². The van der Waals surface area contributed by atoms with Crippen molar-refractivity contribution in [3.05, 3.63) is 0 Å². The molecule has 1 fully saturated rings. The summed E-state index contributed by atoms with van der Waals surface area (Å²) in [5.41, 5.74) is 0.116. The summed E-state index contributed by atoms with van der Waals surface area (Å²) >= 11 is 0. The van der Waals surface area contributed by atoms with E-state index in [-0.39, 0.29) is 17.3 Å². The molecule has 128 valence electrons. The molecule has 1 aliphatic rings. The molecule has 22 heavy (non-hydrogen) atoms. The lowest BCUT2D eigenvalue weighted by Gasteiger charge is -2.24. The topological polar surface area (TPSA) is 55.4 Å². The van der Waals surface area contributed by atoms with Crippen LogP contribution in [0.2, 0.25) is 0 Å². The van der Waals surface area contributed by atoms with E-state index >= 15 is 0 Å². The summed E-state index contributed by atoms with van der Waals surface area (Å²) in [5.74, 6) is 0.624. The van der Waals surface area contributed by atoms with Crippen LogP contribution in [-0.2, 0) is 14.3 Å². The fourth-order valence-corrected chi connectivity index (χ4v) is 2.32. The van der Waals surface area contributed by atoms with Gasteiger partial charge in [-0.25, -0.2) is 0 Å². The number of amides is 1. The van der Waals surface area contributed by atoms with Gasteiger partial charge in [-0.15, -0.1) is 0 Å². The second-order valence-electron chi connectivity index (χ2n) is 7.76. The number of ether oxygens (including phenoxy) is 1. The minimum atomic E-state index is -0.0877. The Morgan fingerprint density at radius 2 is 1.86 bits per heavy atom. The van der Waals surface area contributed by atoms with Gasteiger partial charge in [0.15, 0.2) is 0 Å². The predicted octanol–water partition coefficient (Wildman–Crippen LogP) is 3.83. The van der Waals surface area contributed by atoms with Crippen molar-refractivity contribution in [1.29, 1.82) is 0 Å². The van der Waals surface area contributed by atoms with Gasteiger partial charge in [0.1, 0.15) is 0 Å². The second-order valence-corrected chi connectivity index (χ2v) is 7.76. The van der Waals surface area contributed by atoms with Gasteiger partial charge in [0.25, 0.3) is 0 Å². The summed E-state index contributed by atoms with van der Waals surface area (Å²) in [5, 5.41) is 3.02. The van der Waals surface area contributed by atoms with Crippen LogP contribution in [0.25, 0.3) is 0 Å². The molecule has 0 aliphatic heterocycles. The molecule has 0 aromatic heterocycles. The van der Waals surface area contributed by atoms with E-state index in [1.54, 1.807) is 0 Å². The molecular formula is C18H33NO3. The molecule has 0 aromatic rings. The number of nitrogens with one attached hydrogen (secondary N) is 1. The molecule has 1 aliphatic carbocycles. The standard InChI is InChI=1S/C18H33NO3/c1-14(2)6-9-17(21)22-13-5-11-18(3,4)12-10-16(20)19-15-7-8-15/h14-15H,5-13H2,1-4H3,(H,19,20). The van der Waals surface area contributed by atoms with Crippen LogP contribution in [0.3, 0.4) is 0 Å². The molecule has 4 heteroatoms. The lowest BCUT2D eigenvalue weighted by molar-refractivity contribution is -0.144. The maximum absolute atomic E-state index is 11.7. The monoisotopic (exact) mass is 311 g/mol.